The van der Waals surface area contributed by atoms with E-state index in [9.17, 15) is 14.3 Å². The molecule has 3 heteroatoms. The Morgan fingerprint density at radius 2 is 1.87 bits per heavy atom. The van der Waals surface area contributed by atoms with Crippen LogP contribution < -0.4 is 0 Å². The molecule has 0 amide bonds. The predicted molar refractivity (Wildman–Crippen MR) is 91.8 cm³/mol. The van der Waals surface area contributed by atoms with Gasteiger partial charge in [-0.15, -0.1) is 0 Å². The molecule has 0 radical (unpaired) electrons. The lowest BCUT2D eigenvalue weighted by Crippen LogP contribution is -2.05. The average molecular weight is 312 g/mol. The van der Waals surface area contributed by atoms with Crippen molar-refractivity contribution in [1.29, 1.82) is 0 Å². The third-order valence-electron chi connectivity index (χ3n) is 3.87. The van der Waals surface area contributed by atoms with E-state index >= 15 is 0 Å². The maximum atomic E-state index is 11.8. The highest BCUT2D eigenvalue weighted by Crippen LogP contribution is 2.25. The fraction of sp³-hybridized carbons (Fsp3) is 0.250. The first-order chi connectivity index (χ1) is 11.2. The molecular formula is C20H21FO2. The summed E-state index contributed by atoms with van der Waals surface area (Å²) >= 11 is 0. The van der Waals surface area contributed by atoms with Gasteiger partial charge in [0.2, 0.25) is 0 Å². The number of aryl methyl sites for hydroxylation is 2. The van der Waals surface area contributed by atoms with Gasteiger partial charge in [-0.1, -0.05) is 48.6 Å². The Kier molecular flexibility index (Phi) is 6.55. The first-order valence-electron chi connectivity index (χ1n) is 7.86. The summed E-state index contributed by atoms with van der Waals surface area (Å²) in [6.45, 7) is 0. The number of fused-ring (bicyclic) bond motifs is 1. The van der Waals surface area contributed by atoms with E-state index in [1.165, 1.54) is 30.0 Å². The topological polar surface area (TPSA) is 37.3 Å². The van der Waals surface area contributed by atoms with Gasteiger partial charge < -0.3 is 5.11 Å². The Balaban J connectivity index is 2.15. The van der Waals surface area contributed by atoms with E-state index in [1.807, 2.05) is 18.2 Å². The van der Waals surface area contributed by atoms with Crippen LogP contribution in [0.1, 0.15) is 36.0 Å². The molecule has 0 aromatic heterocycles. The van der Waals surface area contributed by atoms with Crippen LogP contribution in [-0.2, 0) is 17.6 Å². The first kappa shape index (κ1) is 16.9. The van der Waals surface area contributed by atoms with Gasteiger partial charge in [-0.3, -0.25) is 0 Å². The van der Waals surface area contributed by atoms with Gasteiger partial charge >= 0.3 is 5.97 Å². The molecule has 1 aliphatic rings. The summed E-state index contributed by atoms with van der Waals surface area (Å²) in [5.41, 5.74) is 3.63. The van der Waals surface area contributed by atoms with Crippen LogP contribution in [0.15, 0.2) is 61.0 Å². The summed E-state index contributed by atoms with van der Waals surface area (Å²) in [5, 5.41) is 9.43. The Morgan fingerprint density at radius 3 is 2.61 bits per heavy atom. The molecule has 0 spiro atoms. The monoisotopic (exact) mass is 312 g/mol. The number of rotatable bonds is 6. The van der Waals surface area contributed by atoms with Crippen molar-refractivity contribution in [2.24, 2.45) is 0 Å². The van der Waals surface area contributed by atoms with E-state index in [0.717, 1.165) is 18.4 Å². The average Bonchev–Trinajstić information content (AvgIpc) is 2.56. The van der Waals surface area contributed by atoms with Gasteiger partial charge in [0.05, 0.1) is 11.9 Å². The number of hydrogen-bond acceptors (Lipinski definition) is 1. The van der Waals surface area contributed by atoms with E-state index in [1.54, 1.807) is 30.4 Å². The highest BCUT2D eigenvalue weighted by molar-refractivity contribution is 6.15. The van der Waals surface area contributed by atoms with Crippen molar-refractivity contribution >= 4 is 11.5 Å². The number of halogens is 1. The van der Waals surface area contributed by atoms with Crippen LogP contribution in [0.2, 0.25) is 0 Å². The zero-order valence-corrected chi connectivity index (χ0v) is 13.0. The number of carboxylic acid groups (broad SMARTS) is 1. The molecule has 0 heterocycles. The van der Waals surface area contributed by atoms with Crippen LogP contribution in [0, 0.1) is 0 Å². The van der Waals surface area contributed by atoms with Crippen molar-refractivity contribution in [1.82, 2.24) is 0 Å². The Morgan fingerprint density at radius 1 is 1.09 bits per heavy atom. The van der Waals surface area contributed by atoms with Gasteiger partial charge in [0.1, 0.15) is 0 Å². The van der Waals surface area contributed by atoms with Crippen LogP contribution in [-0.4, -0.2) is 11.1 Å². The van der Waals surface area contributed by atoms with Crippen LogP contribution in [0.5, 0.6) is 0 Å². The molecule has 1 aromatic rings. The third kappa shape index (κ3) is 5.06. The van der Waals surface area contributed by atoms with Crippen molar-refractivity contribution in [3.63, 3.8) is 0 Å². The second kappa shape index (κ2) is 8.89. The fourth-order valence-corrected chi connectivity index (χ4v) is 2.70. The molecule has 23 heavy (non-hydrogen) atoms. The Labute approximate surface area is 136 Å². The molecule has 0 saturated carbocycles. The lowest BCUT2D eigenvalue weighted by Gasteiger charge is -2.16. The van der Waals surface area contributed by atoms with Crippen molar-refractivity contribution in [3.05, 3.63) is 77.7 Å². The molecule has 0 fully saturated rings. The lowest BCUT2D eigenvalue weighted by molar-refractivity contribution is -0.130. The minimum atomic E-state index is -0.935. The Hall–Kier alpha value is -2.42. The summed E-state index contributed by atoms with van der Waals surface area (Å²) < 4.78 is 11.8. The zero-order valence-electron chi connectivity index (χ0n) is 13.0. The lowest BCUT2D eigenvalue weighted by atomic mass is 9.89. The van der Waals surface area contributed by atoms with E-state index in [-0.39, 0.29) is 5.57 Å². The van der Waals surface area contributed by atoms with Gasteiger partial charge in [-0.05, 0) is 54.9 Å². The van der Waals surface area contributed by atoms with Gasteiger partial charge in [0.25, 0.3) is 0 Å². The highest BCUT2D eigenvalue weighted by Gasteiger charge is 2.14. The summed E-state index contributed by atoms with van der Waals surface area (Å²) in [4.78, 5) is 11.5. The summed E-state index contributed by atoms with van der Waals surface area (Å²) in [6.07, 6.45) is 15.5. The molecule has 0 unspecified atom stereocenters. The number of hydrogen-bond donors (Lipinski definition) is 1. The quantitative estimate of drug-likeness (QED) is 0.591. The Bertz CT molecular complexity index is 666. The van der Waals surface area contributed by atoms with Crippen LogP contribution in [0.3, 0.4) is 0 Å². The molecule has 1 aromatic carbocycles. The van der Waals surface area contributed by atoms with Crippen molar-refractivity contribution < 1.29 is 14.3 Å². The molecule has 1 aliphatic carbocycles. The molecule has 2 rings (SSSR count). The number of carbonyl (C=O) groups is 1. The largest absolute Gasteiger partial charge is 0.478 e. The molecule has 0 atom stereocenters. The van der Waals surface area contributed by atoms with Crippen molar-refractivity contribution in [2.45, 2.75) is 32.1 Å². The van der Waals surface area contributed by atoms with E-state index in [2.05, 4.69) is 0 Å². The second-order valence-electron chi connectivity index (χ2n) is 5.49. The normalized spacial score (nSPS) is 15.6. The number of carboxylic acids is 1. The minimum absolute atomic E-state index is 0.284. The summed E-state index contributed by atoms with van der Waals surface area (Å²) in [7, 11) is 0. The maximum absolute atomic E-state index is 11.8. The maximum Gasteiger partial charge on any atom is 0.336 e. The standard InChI is InChI=1S/C20H21FO2/c21-14-8-4-2-1-3-5-11-19(20(22)23)18-13-12-16-9-6-7-10-17(16)15-18/h1-3,5,8,11-15H,4,6-7,9-10H2,(H,22,23). The molecule has 120 valence electrons. The molecule has 0 saturated heterocycles. The molecule has 1 N–H and O–H groups in total. The van der Waals surface area contributed by atoms with Crippen LogP contribution >= 0.6 is 0 Å². The number of aliphatic carboxylic acids is 1. The number of allylic oxidation sites excluding steroid dienone is 6. The second-order valence-corrected chi connectivity index (χ2v) is 5.49. The van der Waals surface area contributed by atoms with Crippen molar-refractivity contribution in [2.75, 3.05) is 0 Å². The summed E-state index contributed by atoms with van der Waals surface area (Å²) in [6, 6.07) is 5.94. The minimum Gasteiger partial charge on any atom is -0.478 e. The van der Waals surface area contributed by atoms with Crippen molar-refractivity contribution in [3.8, 4) is 0 Å². The molecule has 0 aliphatic heterocycles. The predicted octanol–water partition coefficient (Wildman–Crippen LogP) is 5.02. The fourth-order valence-electron chi connectivity index (χ4n) is 2.70. The smallest absolute Gasteiger partial charge is 0.336 e. The molecular weight excluding hydrogens is 291 g/mol. The van der Waals surface area contributed by atoms with Crippen LogP contribution in [0.4, 0.5) is 4.39 Å². The molecule has 2 nitrogen and oxygen atoms in total. The number of benzene rings is 1. The van der Waals surface area contributed by atoms with E-state index < -0.39 is 5.97 Å². The van der Waals surface area contributed by atoms with Gasteiger partial charge in [-0.2, -0.15) is 0 Å². The first-order valence-corrected chi connectivity index (χ1v) is 7.86. The summed E-state index contributed by atoms with van der Waals surface area (Å²) in [5.74, 6) is -0.935. The zero-order chi connectivity index (χ0) is 16.5. The SMILES string of the molecule is O=C(O)C(=CC=CC=CCC=CF)c1ccc2c(c1)CCCC2. The third-order valence-corrected chi connectivity index (χ3v) is 3.87. The van der Waals surface area contributed by atoms with E-state index in [0.29, 0.717) is 12.8 Å². The molecule has 0 bridgehead atoms. The van der Waals surface area contributed by atoms with Gasteiger partial charge in [0.15, 0.2) is 0 Å². The van der Waals surface area contributed by atoms with Crippen LogP contribution in [0.25, 0.3) is 5.57 Å². The van der Waals surface area contributed by atoms with Gasteiger partial charge in [-0.25, -0.2) is 9.18 Å². The highest BCUT2D eigenvalue weighted by atomic mass is 19.1. The van der Waals surface area contributed by atoms with Gasteiger partial charge in [0, 0.05) is 0 Å². The van der Waals surface area contributed by atoms with E-state index in [4.69, 9.17) is 0 Å².